The first-order valence-electron chi connectivity index (χ1n) is 5.45. The Morgan fingerprint density at radius 2 is 2.18 bits per heavy atom. The Balaban J connectivity index is 2.04. The van der Waals surface area contributed by atoms with Gasteiger partial charge in [0, 0.05) is 11.1 Å². The Labute approximate surface area is 105 Å². The van der Waals surface area contributed by atoms with E-state index in [0.29, 0.717) is 0 Å². The number of hydrogen-bond donors (Lipinski definition) is 1. The number of hydrogen-bond acceptors (Lipinski definition) is 3. The highest BCUT2D eigenvalue weighted by Crippen LogP contribution is 2.16. The number of nitrogens with one attached hydrogen (secondary N) is 1. The quantitative estimate of drug-likeness (QED) is 0.904. The van der Waals surface area contributed by atoms with Crippen LogP contribution < -0.4 is 5.32 Å². The molecule has 1 amide bonds. The molecule has 0 aliphatic carbocycles. The van der Waals surface area contributed by atoms with Crippen LogP contribution >= 0.6 is 11.3 Å². The van der Waals surface area contributed by atoms with Gasteiger partial charge in [-0.25, -0.2) is 0 Å². The summed E-state index contributed by atoms with van der Waals surface area (Å²) >= 11 is 1.50. The van der Waals surface area contributed by atoms with Crippen LogP contribution in [-0.4, -0.2) is 10.9 Å². The van der Waals surface area contributed by atoms with E-state index in [2.05, 4.69) is 10.3 Å². The van der Waals surface area contributed by atoms with E-state index in [1.807, 2.05) is 44.2 Å². The lowest BCUT2D eigenvalue weighted by Gasteiger charge is -2.12. The molecule has 0 aliphatic heterocycles. The van der Waals surface area contributed by atoms with Crippen LogP contribution in [0.5, 0.6) is 0 Å². The molecule has 1 atom stereocenters. The van der Waals surface area contributed by atoms with Crippen molar-refractivity contribution in [2.24, 2.45) is 0 Å². The molecule has 4 heteroatoms. The van der Waals surface area contributed by atoms with Crippen molar-refractivity contribution in [3.63, 3.8) is 0 Å². The minimum Gasteiger partial charge on any atom is -0.343 e. The topological polar surface area (TPSA) is 42.0 Å². The highest BCUT2D eigenvalue weighted by molar-refractivity contribution is 7.13. The van der Waals surface area contributed by atoms with E-state index in [1.54, 1.807) is 6.20 Å². The SMILES string of the molecule is Cc1ccc(C(=O)NC(C)c2ccccn2)s1. The molecular formula is C13H14N2OS. The third-order valence-corrected chi connectivity index (χ3v) is 3.44. The monoisotopic (exact) mass is 246 g/mol. The van der Waals surface area contributed by atoms with Gasteiger partial charge in [0.05, 0.1) is 16.6 Å². The van der Waals surface area contributed by atoms with E-state index < -0.39 is 0 Å². The van der Waals surface area contributed by atoms with E-state index in [1.165, 1.54) is 11.3 Å². The molecule has 17 heavy (non-hydrogen) atoms. The third-order valence-electron chi connectivity index (χ3n) is 2.44. The number of rotatable bonds is 3. The van der Waals surface area contributed by atoms with Gasteiger partial charge in [-0.1, -0.05) is 6.07 Å². The van der Waals surface area contributed by atoms with Crippen molar-refractivity contribution >= 4 is 17.2 Å². The number of amides is 1. The molecule has 2 heterocycles. The summed E-state index contributed by atoms with van der Waals surface area (Å²) in [4.78, 5) is 18.0. The van der Waals surface area contributed by atoms with Gasteiger partial charge in [-0.2, -0.15) is 0 Å². The van der Waals surface area contributed by atoms with Crippen LogP contribution in [0, 0.1) is 6.92 Å². The molecule has 1 unspecified atom stereocenters. The van der Waals surface area contributed by atoms with Gasteiger partial charge >= 0.3 is 0 Å². The van der Waals surface area contributed by atoms with Gasteiger partial charge in [0.2, 0.25) is 0 Å². The van der Waals surface area contributed by atoms with Crippen molar-refractivity contribution in [2.75, 3.05) is 0 Å². The van der Waals surface area contributed by atoms with Gasteiger partial charge in [-0.05, 0) is 38.1 Å². The highest BCUT2D eigenvalue weighted by atomic mass is 32.1. The van der Waals surface area contributed by atoms with Gasteiger partial charge < -0.3 is 5.32 Å². The van der Waals surface area contributed by atoms with Gasteiger partial charge in [0.1, 0.15) is 0 Å². The molecule has 2 aromatic heterocycles. The summed E-state index contributed by atoms with van der Waals surface area (Å²) in [7, 11) is 0. The average molecular weight is 246 g/mol. The van der Waals surface area contributed by atoms with Crippen LogP contribution in [0.25, 0.3) is 0 Å². The number of aromatic nitrogens is 1. The lowest BCUT2D eigenvalue weighted by atomic mass is 10.2. The lowest BCUT2D eigenvalue weighted by Crippen LogP contribution is -2.26. The molecule has 2 aromatic rings. The molecule has 0 radical (unpaired) electrons. The second-order valence-corrected chi connectivity index (χ2v) is 5.15. The van der Waals surface area contributed by atoms with Crippen molar-refractivity contribution < 1.29 is 4.79 Å². The third kappa shape index (κ3) is 2.91. The number of carbonyl (C=O) groups excluding carboxylic acids is 1. The maximum absolute atomic E-state index is 11.9. The molecule has 88 valence electrons. The van der Waals surface area contributed by atoms with Crippen LogP contribution in [0.1, 0.15) is 33.2 Å². The molecule has 1 N–H and O–H groups in total. The van der Waals surface area contributed by atoms with Crippen LogP contribution in [0.3, 0.4) is 0 Å². The molecule has 0 saturated carbocycles. The maximum Gasteiger partial charge on any atom is 0.261 e. The van der Waals surface area contributed by atoms with Crippen molar-refractivity contribution in [1.82, 2.24) is 10.3 Å². The normalized spacial score (nSPS) is 12.1. The Morgan fingerprint density at radius 1 is 1.35 bits per heavy atom. The Hall–Kier alpha value is -1.68. The zero-order chi connectivity index (χ0) is 12.3. The molecule has 0 spiro atoms. The lowest BCUT2D eigenvalue weighted by molar-refractivity contribution is 0.0943. The Kier molecular flexibility index (Phi) is 3.54. The number of thiophene rings is 1. The van der Waals surface area contributed by atoms with Crippen LogP contribution in [0.2, 0.25) is 0 Å². The number of pyridine rings is 1. The fourth-order valence-corrected chi connectivity index (χ4v) is 2.30. The molecular weight excluding hydrogens is 232 g/mol. The minimum absolute atomic E-state index is 0.0405. The second-order valence-electron chi connectivity index (χ2n) is 3.86. The first kappa shape index (κ1) is 11.8. The minimum atomic E-state index is -0.0777. The maximum atomic E-state index is 11.9. The Bertz CT molecular complexity index is 507. The molecule has 0 aliphatic rings. The summed E-state index contributed by atoms with van der Waals surface area (Å²) < 4.78 is 0. The smallest absolute Gasteiger partial charge is 0.261 e. The first-order chi connectivity index (χ1) is 8.16. The molecule has 0 saturated heterocycles. The molecule has 0 fully saturated rings. The average Bonchev–Trinajstić information content (AvgIpc) is 2.77. The van der Waals surface area contributed by atoms with Crippen LogP contribution in [0.4, 0.5) is 0 Å². The van der Waals surface area contributed by atoms with Gasteiger partial charge in [0.15, 0.2) is 0 Å². The Morgan fingerprint density at radius 3 is 2.76 bits per heavy atom. The van der Waals surface area contributed by atoms with Crippen molar-refractivity contribution in [3.8, 4) is 0 Å². The zero-order valence-electron chi connectivity index (χ0n) is 9.81. The summed E-state index contributed by atoms with van der Waals surface area (Å²) in [6.45, 7) is 3.92. The predicted octanol–water partition coefficient (Wildman–Crippen LogP) is 2.94. The predicted molar refractivity (Wildman–Crippen MR) is 69.2 cm³/mol. The van der Waals surface area contributed by atoms with Gasteiger partial charge in [-0.15, -0.1) is 11.3 Å². The standard InChI is InChI=1S/C13H14N2OS/c1-9-6-7-12(17-9)13(16)15-10(2)11-5-3-4-8-14-11/h3-8,10H,1-2H3,(H,15,16). The number of aryl methyl sites for hydroxylation is 1. The van der Waals surface area contributed by atoms with E-state index in [0.717, 1.165) is 15.4 Å². The van der Waals surface area contributed by atoms with Gasteiger partial charge in [0.25, 0.3) is 5.91 Å². The van der Waals surface area contributed by atoms with E-state index >= 15 is 0 Å². The van der Waals surface area contributed by atoms with Crippen molar-refractivity contribution in [3.05, 3.63) is 52.0 Å². The van der Waals surface area contributed by atoms with E-state index in [-0.39, 0.29) is 11.9 Å². The molecule has 2 rings (SSSR count). The molecule has 0 aromatic carbocycles. The van der Waals surface area contributed by atoms with Crippen molar-refractivity contribution in [1.29, 1.82) is 0 Å². The zero-order valence-corrected chi connectivity index (χ0v) is 10.6. The summed E-state index contributed by atoms with van der Waals surface area (Å²) in [6.07, 6.45) is 1.73. The summed E-state index contributed by atoms with van der Waals surface area (Å²) in [5.41, 5.74) is 0.870. The van der Waals surface area contributed by atoms with Crippen LogP contribution in [-0.2, 0) is 0 Å². The van der Waals surface area contributed by atoms with E-state index in [4.69, 9.17) is 0 Å². The summed E-state index contributed by atoms with van der Waals surface area (Å²) in [5, 5.41) is 2.93. The summed E-state index contributed by atoms with van der Waals surface area (Å²) in [5.74, 6) is -0.0405. The highest BCUT2D eigenvalue weighted by Gasteiger charge is 2.13. The fraction of sp³-hybridized carbons (Fsp3) is 0.231. The second kappa shape index (κ2) is 5.10. The largest absolute Gasteiger partial charge is 0.343 e. The van der Waals surface area contributed by atoms with Crippen molar-refractivity contribution in [2.45, 2.75) is 19.9 Å². The number of nitrogens with zero attached hydrogens (tertiary/aromatic N) is 1. The molecule has 0 bridgehead atoms. The number of carbonyl (C=O) groups is 1. The van der Waals surface area contributed by atoms with Gasteiger partial charge in [-0.3, -0.25) is 9.78 Å². The fourth-order valence-electron chi connectivity index (χ4n) is 1.53. The summed E-state index contributed by atoms with van der Waals surface area (Å²) in [6, 6.07) is 9.41. The van der Waals surface area contributed by atoms with E-state index in [9.17, 15) is 4.79 Å². The first-order valence-corrected chi connectivity index (χ1v) is 6.26. The van der Waals surface area contributed by atoms with Crippen LogP contribution in [0.15, 0.2) is 36.5 Å². The molecule has 3 nitrogen and oxygen atoms in total.